The molecular formula is C32H45N3. The van der Waals surface area contributed by atoms with E-state index in [2.05, 4.69) is 108 Å². The molecule has 3 N–H and O–H groups in total. The molecule has 0 radical (unpaired) electrons. The number of nitrogens with one attached hydrogen (secondary N) is 1. The van der Waals surface area contributed by atoms with Gasteiger partial charge in [-0.1, -0.05) is 85.3 Å². The number of piperidine rings is 1. The summed E-state index contributed by atoms with van der Waals surface area (Å²) in [5.41, 5.74) is 8.51. The molecule has 188 valence electrons. The molecule has 0 unspecified atom stereocenters. The summed E-state index contributed by atoms with van der Waals surface area (Å²) in [6.07, 6.45) is 7.16. The summed E-state index contributed by atoms with van der Waals surface area (Å²) in [6, 6.07) is 26.2. The summed E-state index contributed by atoms with van der Waals surface area (Å²) >= 11 is 0. The highest BCUT2D eigenvalue weighted by molar-refractivity contribution is 5.85. The lowest BCUT2D eigenvalue weighted by Crippen LogP contribution is -2.38. The third kappa shape index (κ3) is 9.62. The smallest absolute Gasteiger partial charge is 0.0974 e. The molecule has 4 rings (SSSR count). The van der Waals surface area contributed by atoms with Crippen LogP contribution >= 0.6 is 0 Å². The first-order chi connectivity index (χ1) is 17.1. The first-order valence-corrected chi connectivity index (χ1v) is 13.0. The van der Waals surface area contributed by atoms with Crippen molar-refractivity contribution in [1.82, 2.24) is 10.2 Å². The fourth-order valence-electron chi connectivity index (χ4n) is 4.46. The molecule has 3 heteroatoms. The molecular weight excluding hydrogens is 426 g/mol. The number of fused-ring (bicyclic) bond motifs is 1. The van der Waals surface area contributed by atoms with Crippen LogP contribution in [0, 0.1) is 5.92 Å². The van der Waals surface area contributed by atoms with Crippen LogP contribution in [0.15, 0.2) is 96.8 Å². The van der Waals surface area contributed by atoms with Crippen molar-refractivity contribution in [2.75, 3.05) is 20.1 Å². The molecule has 1 aliphatic rings. The Morgan fingerprint density at radius 3 is 2.20 bits per heavy atom. The molecule has 3 aromatic carbocycles. The van der Waals surface area contributed by atoms with E-state index in [1.165, 1.54) is 59.6 Å². The van der Waals surface area contributed by atoms with Gasteiger partial charge in [-0.2, -0.15) is 0 Å². The van der Waals surface area contributed by atoms with E-state index in [1.54, 1.807) is 0 Å². The van der Waals surface area contributed by atoms with Gasteiger partial charge >= 0.3 is 0 Å². The predicted molar refractivity (Wildman–Crippen MR) is 154 cm³/mol. The molecule has 0 amide bonds. The number of hydrogen-bond acceptors (Lipinski definition) is 3. The maximum absolute atomic E-state index is 4.50. The lowest BCUT2D eigenvalue weighted by Gasteiger charge is -2.35. The van der Waals surface area contributed by atoms with Gasteiger partial charge in [0.1, 0.15) is 0 Å². The van der Waals surface area contributed by atoms with Crippen molar-refractivity contribution in [2.45, 2.75) is 53.0 Å². The van der Waals surface area contributed by atoms with Gasteiger partial charge in [0, 0.05) is 19.6 Å². The second kappa shape index (κ2) is 15.8. The van der Waals surface area contributed by atoms with Gasteiger partial charge in [-0.15, -0.1) is 6.58 Å². The first kappa shape index (κ1) is 28.2. The quantitative estimate of drug-likeness (QED) is 0.355. The maximum atomic E-state index is 4.50. The Morgan fingerprint density at radius 1 is 0.943 bits per heavy atom. The minimum Gasteiger partial charge on any atom is -0.368 e. The highest BCUT2D eigenvalue weighted by Crippen LogP contribution is 2.24. The number of nitrogens with zero attached hydrogens (tertiary/aromatic N) is 1. The van der Waals surface area contributed by atoms with Crippen molar-refractivity contribution in [1.29, 1.82) is 0 Å². The lowest BCUT2D eigenvalue weighted by atomic mass is 9.90. The van der Waals surface area contributed by atoms with Gasteiger partial charge < -0.3 is 16.0 Å². The van der Waals surface area contributed by atoms with E-state index in [0.29, 0.717) is 0 Å². The van der Waals surface area contributed by atoms with E-state index < -0.39 is 0 Å². The lowest BCUT2D eigenvalue weighted by molar-refractivity contribution is 0.213. The van der Waals surface area contributed by atoms with Gasteiger partial charge in [0.2, 0.25) is 0 Å². The van der Waals surface area contributed by atoms with Crippen LogP contribution in [0.1, 0.15) is 51.2 Å². The molecule has 0 bridgehead atoms. The molecule has 1 aliphatic heterocycles. The van der Waals surface area contributed by atoms with E-state index in [4.69, 9.17) is 0 Å². The van der Waals surface area contributed by atoms with Crippen molar-refractivity contribution in [3.63, 3.8) is 0 Å². The average Bonchev–Trinajstić information content (AvgIpc) is 2.88. The highest BCUT2D eigenvalue weighted by atomic mass is 15.2. The van der Waals surface area contributed by atoms with Crippen LogP contribution in [0.3, 0.4) is 0 Å². The van der Waals surface area contributed by atoms with Crippen LogP contribution in [-0.4, -0.2) is 25.0 Å². The Hall–Kier alpha value is -3.04. The number of likely N-dealkylation sites (tertiary alicyclic amines) is 1. The summed E-state index contributed by atoms with van der Waals surface area (Å²) < 4.78 is 0. The van der Waals surface area contributed by atoms with Crippen LogP contribution in [0.25, 0.3) is 10.8 Å². The zero-order valence-electron chi connectivity index (χ0n) is 22.3. The third-order valence-electron chi connectivity index (χ3n) is 6.06. The van der Waals surface area contributed by atoms with Crippen LogP contribution in [0.2, 0.25) is 0 Å². The van der Waals surface area contributed by atoms with Crippen LogP contribution < -0.4 is 11.1 Å². The van der Waals surface area contributed by atoms with E-state index in [1.807, 2.05) is 13.8 Å². The van der Waals surface area contributed by atoms with Crippen LogP contribution in [0.5, 0.6) is 0 Å². The van der Waals surface area contributed by atoms with Crippen molar-refractivity contribution in [3.05, 3.63) is 108 Å². The fraction of sp³-hybridized carbons (Fsp3) is 0.375. The second-order valence-corrected chi connectivity index (χ2v) is 9.32. The van der Waals surface area contributed by atoms with E-state index in [0.717, 1.165) is 32.0 Å². The largest absolute Gasteiger partial charge is 0.368 e. The molecule has 1 heterocycles. The summed E-state index contributed by atoms with van der Waals surface area (Å²) in [4.78, 5) is 2.55. The van der Waals surface area contributed by atoms with Gasteiger partial charge in [-0.3, -0.25) is 0 Å². The minimum absolute atomic E-state index is 0.801. The van der Waals surface area contributed by atoms with Gasteiger partial charge in [0.05, 0.1) is 5.82 Å². The summed E-state index contributed by atoms with van der Waals surface area (Å²) in [5.74, 6) is 2.10. The van der Waals surface area contributed by atoms with Crippen molar-refractivity contribution in [2.24, 2.45) is 11.7 Å². The molecule has 1 fully saturated rings. The summed E-state index contributed by atoms with van der Waals surface area (Å²) in [6.45, 7) is 12.9. The Labute approximate surface area is 213 Å². The molecule has 35 heavy (non-hydrogen) atoms. The molecule has 0 saturated carbocycles. The molecule has 3 aromatic rings. The Morgan fingerprint density at radius 2 is 1.54 bits per heavy atom. The highest BCUT2D eigenvalue weighted by Gasteiger charge is 2.21. The Kier molecular flexibility index (Phi) is 12.7. The topological polar surface area (TPSA) is 41.3 Å². The number of hydrogen-bond donors (Lipinski definition) is 2. The second-order valence-electron chi connectivity index (χ2n) is 9.32. The van der Waals surface area contributed by atoms with Crippen molar-refractivity contribution in [3.8, 4) is 0 Å². The van der Waals surface area contributed by atoms with E-state index in [9.17, 15) is 0 Å². The molecule has 1 saturated heterocycles. The van der Waals surface area contributed by atoms with Crippen LogP contribution in [-0.2, 0) is 13.0 Å². The molecule has 0 aliphatic carbocycles. The Bertz CT molecular complexity index is 1020. The minimum atomic E-state index is 0.801. The molecule has 0 spiro atoms. The number of nitrogens with two attached hydrogens (primary N) is 1. The standard InChI is InChI=1S/C27H32N2.C4H8.CH5N/c1-2-9-27(28-21-25-14-8-13-24-12-6-7-15-26(24)25)29-18-16-23(17-19-29)20-22-10-4-3-5-11-22;1-4(2)3;1-2/h3-15,23,28H,2,16-21H2,1H3;1H2,2-3H3;2H2,1H3. The monoisotopic (exact) mass is 471 g/mol. The zero-order valence-corrected chi connectivity index (χ0v) is 22.3. The van der Waals surface area contributed by atoms with Gasteiger partial charge in [0.25, 0.3) is 0 Å². The van der Waals surface area contributed by atoms with Crippen molar-refractivity contribution < 1.29 is 0 Å². The third-order valence-corrected chi connectivity index (χ3v) is 6.06. The number of allylic oxidation sites excluding steroid dienone is 2. The summed E-state index contributed by atoms with van der Waals surface area (Å²) in [7, 11) is 1.50. The summed E-state index contributed by atoms with van der Waals surface area (Å²) in [5, 5.41) is 6.41. The number of benzene rings is 3. The molecule has 3 nitrogen and oxygen atoms in total. The van der Waals surface area contributed by atoms with Gasteiger partial charge in [0.15, 0.2) is 0 Å². The van der Waals surface area contributed by atoms with Crippen LogP contribution in [0.4, 0.5) is 0 Å². The SMILES string of the molecule is C=C(C)C.CCC=C(NCc1cccc2ccccc12)N1CCC(Cc2ccccc2)CC1.CN. The van der Waals surface area contributed by atoms with Gasteiger partial charge in [-0.25, -0.2) is 0 Å². The fourth-order valence-corrected chi connectivity index (χ4v) is 4.46. The molecule has 0 atom stereocenters. The van der Waals surface area contributed by atoms with E-state index >= 15 is 0 Å². The van der Waals surface area contributed by atoms with Gasteiger partial charge in [-0.05, 0) is 80.5 Å². The Balaban J connectivity index is 0.000000655. The van der Waals surface area contributed by atoms with E-state index in [-0.39, 0.29) is 0 Å². The average molecular weight is 472 g/mol. The maximum Gasteiger partial charge on any atom is 0.0974 e. The molecule has 0 aromatic heterocycles. The normalized spacial score (nSPS) is 13.9. The predicted octanol–water partition coefficient (Wildman–Crippen LogP) is 7.29. The first-order valence-electron chi connectivity index (χ1n) is 13.0. The number of rotatable bonds is 7. The van der Waals surface area contributed by atoms with Crippen molar-refractivity contribution >= 4 is 10.8 Å². The zero-order chi connectivity index (χ0) is 25.5.